The second-order valence-electron chi connectivity index (χ2n) is 2.72. The predicted molar refractivity (Wildman–Crippen MR) is 54.1 cm³/mol. The minimum absolute atomic E-state index is 0.630. The highest BCUT2D eigenvalue weighted by molar-refractivity contribution is 7.09. The number of aromatic nitrogens is 3. The van der Waals surface area contributed by atoms with Crippen LogP contribution in [0, 0.1) is 6.92 Å². The third-order valence-electron chi connectivity index (χ3n) is 1.76. The van der Waals surface area contributed by atoms with E-state index < -0.39 is 0 Å². The molecule has 2 rings (SSSR count). The SMILES string of the molecule is Cc1nc(-c2cnn(C)c2Cl)cs1. The van der Waals surface area contributed by atoms with E-state index in [-0.39, 0.29) is 0 Å². The van der Waals surface area contributed by atoms with Crippen molar-refractivity contribution >= 4 is 22.9 Å². The Morgan fingerprint density at radius 2 is 2.31 bits per heavy atom. The van der Waals surface area contributed by atoms with Gasteiger partial charge >= 0.3 is 0 Å². The van der Waals surface area contributed by atoms with Crippen LogP contribution in [0.5, 0.6) is 0 Å². The number of rotatable bonds is 1. The summed E-state index contributed by atoms with van der Waals surface area (Å²) >= 11 is 7.63. The fourth-order valence-corrected chi connectivity index (χ4v) is 1.88. The number of halogens is 1. The van der Waals surface area contributed by atoms with Crippen molar-refractivity contribution in [2.75, 3.05) is 0 Å². The van der Waals surface area contributed by atoms with Crippen LogP contribution in [0.1, 0.15) is 5.01 Å². The van der Waals surface area contributed by atoms with Crippen LogP contribution in [0.4, 0.5) is 0 Å². The third-order valence-corrected chi connectivity index (χ3v) is 2.98. The Bertz CT molecular complexity index is 432. The number of thiazole rings is 1. The highest BCUT2D eigenvalue weighted by atomic mass is 35.5. The van der Waals surface area contributed by atoms with E-state index in [1.807, 2.05) is 19.4 Å². The molecule has 0 aliphatic rings. The van der Waals surface area contributed by atoms with E-state index in [1.165, 1.54) is 0 Å². The molecule has 0 atom stereocenters. The molecular weight excluding hydrogens is 206 g/mol. The molecule has 68 valence electrons. The van der Waals surface area contributed by atoms with Gasteiger partial charge in [0.25, 0.3) is 0 Å². The monoisotopic (exact) mass is 213 g/mol. The maximum atomic E-state index is 6.02. The van der Waals surface area contributed by atoms with Crippen LogP contribution in [0.2, 0.25) is 5.15 Å². The molecule has 0 saturated carbocycles. The second kappa shape index (κ2) is 3.12. The highest BCUT2D eigenvalue weighted by Crippen LogP contribution is 2.27. The minimum Gasteiger partial charge on any atom is -0.256 e. The van der Waals surface area contributed by atoms with Gasteiger partial charge < -0.3 is 0 Å². The molecule has 2 heterocycles. The largest absolute Gasteiger partial charge is 0.256 e. The average molecular weight is 214 g/mol. The Kier molecular flexibility index (Phi) is 2.09. The van der Waals surface area contributed by atoms with E-state index in [0.29, 0.717) is 5.15 Å². The first kappa shape index (κ1) is 8.72. The van der Waals surface area contributed by atoms with Crippen LogP contribution in [-0.2, 0) is 7.05 Å². The zero-order valence-corrected chi connectivity index (χ0v) is 8.85. The van der Waals surface area contributed by atoms with E-state index in [1.54, 1.807) is 22.2 Å². The second-order valence-corrected chi connectivity index (χ2v) is 4.14. The molecular formula is C8H8ClN3S. The molecule has 0 aliphatic heterocycles. The fraction of sp³-hybridized carbons (Fsp3) is 0.250. The fourth-order valence-electron chi connectivity index (χ4n) is 1.08. The van der Waals surface area contributed by atoms with Gasteiger partial charge in [0.2, 0.25) is 0 Å². The molecule has 0 spiro atoms. The predicted octanol–water partition coefficient (Wildman–Crippen LogP) is 2.51. The van der Waals surface area contributed by atoms with Gasteiger partial charge in [-0.15, -0.1) is 11.3 Å². The van der Waals surface area contributed by atoms with Crippen LogP contribution in [-0.4, -0.2) is 14.8 Å². The van der Waals surface area contributed by atoms with Crippen molar-refractivity contribution in [3.8, 4) is 11.3 Å². The summed E-state index contributed by atoms with van der Waals surface area (Å²) < 4.78 is 1.63. The van der Waals surface area contributed by atoms with Gasteiger partial charge in [-0.1, -0.05) is 11.6 Å². The topological polar surface area (TPSA) is 30.7 Å². The van der Waals surface area contributed by atoms with E-state index in [2.05, 4.69) is 10.1 Å². The van der Waals surface area contributed by atoms with Crippen molar-refractivity contribution in [2.24, 2.45) is 7.05 Å². The van der Waals surface area contributed by atoms with Crippen molar-refractivity contribution in [3.63, 3.8) is 0 Å². The summed E-state index contributed by atoms with van der Waals surface area (Å²) in [6.45, 7) is 1.97. The van der Waals surface area contributed by atoms with E-state index in [9.17, 15) is 0 Å². The number of nitrogens with zero attached hydrogens (tertiary/aromatic N) is 3. The van der Waals surface area contributed by atoms with Crippen molar-refractivity contribution in [1.82, 2.24) is 14.8 Å². The molecule has 0 aromatic carbocycles. The Hall–Kier alpha value is -0.870. The van der Waals surface area contributed by atoms with E-state index in [0.717, 1.165) is 16.3 Å². The lowest BCUT2D eigenvalue weighted by atomic mass is 10.3. The van der Waals surface area contributed by atoms with Gasteiger partial charge in [-0.25, -0.2) is 4.98 Å². The Morgan fingerprint density at radius 1 is 1.54 bits per heavy atom. The van der Waals surface area contributed by atoms with Crippen LogP contribution < -0.4 is 0 Å². The van der Waals surface area contributed by atoms with Gasteiger partial charge in [-0.05, 0) is 6.92 Å². The van der Waals surface area contributed by atoms with E-state index in [4.69, 9.17) is 11.6 Å². The molecule has 2 aromatic rings. The standard InChI is InChI=1S/C8H8ClN3S/c1-5-11-7(4-13-5)6-3-10-12(2)8(6)9/h3-4H,1-2H3. The molecule has 2 aromatic heterocycles. The Morgan fingerprint density at radius 3 is 2.77 bits per heavy atom. The maximum Gasteiger partial charge on any atom is 0.136 e. The van der Waals surface area contributed by atoms with Crippen molar-refractivity contribution in [2.45, 2.75) is 6.92 Å². The number of hydrogen-bond acceptors (Lipinski definition) is 3. The first-order valence-corrected chi connectivity index (χ1v) is 5.04. The zero-order chi connectivity index (χ0) is 9.42. The normalized spacial score (nSPS) is 10.7. The summed E-state index contributed by atoms with van der Waals surface area (Å²) in [6.07, 6.45) is 1.73. The van der Waals surface area contributed by atoms with Crippen molar-refractivity contribution in [3.05, 3.63) is 21.7 Å². The first-order chi connectivity index (χ1) is 6.18. The number of aryl methyl sites for hydroxylation is 2. The van der Waals surface area contributed by atoms with E-state index >= 15 is 0 Å². The Balaban J connectivity index is 2.52. The molecule has 0 amide bonds. The quantitative estimate of drug-likeness (QED) is 0.729. The molecule has 13 heavy (non-hydrogen) atoms. The zero-order valence-electron chi connectivity index (χ0n) is 7.28. The maximum absolute atomic E-state index is 6.02. The molecule has 0 fully saturated rings. The lowest BCUT2D eigenvalue weighted by Gasteiger charge is -1.92. The van der Waals surface area contributed by atoms with Crippen LogP contribution in [0.3, 0.4) is 0 Å². The summed E-state index contributed by atoms with van der Waals surface area (Å²) in [5.41, 5.74) is 1.80. The lowest BCUT2D eigenvalue weighted by molar-refractivity contribution is 0.769. The summed E-state index contributed by atoms with van der Waals surface area (Å²) in [5, 5.41) is 7.70. The lowest BCUT2D eigenvalue weighted by Crippen LogP contribution is -1.88. The smallest absolute Gasteiger partial charge is 0.136 e. The van der Waals surface area contributed by atoms with Crippen molar-refractivity contribution in [1.29, 1.82) is 0 Å². The average Bonchev–Trinajstić information content (AvgIpc) is 2.62. The molecule has 0 aliphatic carbocycles. The van der Waals surface area contributed by atoms with Gasteiger partial charge in [-0.3, -0.25) is 4.68 Å². The molecule has 0 N–H and O–H groups in total. The van der Waals surface area contributed by atoms with Gasteiger partial charge in [-0.2, -0.15) is 5.10 Å². The first-order valence-electron chi connectivity index (χ1n) is 3.78. The van der Waals surface area contributed by atoms with Crippen molar-refractivity contribution < 1.29 is 0 Å². The summed E-state index contributed by atoms with van der Waals surface area (Å²) in [5.74, 6) is 0. The summed E-state index contributed by atoms with van der Waals surface area (Å²) in [4.78, 5) is 4.34. The molecule has 0 radical (unpaired) electrons. The minimum atomic E-state index is 0.630. The number of hydrogen-bond donors (Lipinski definition) is 0. The highest BCUT2D eigenvalue weighted by Gasteiger charge is 2.10. The summed E-state index contributed by atoms with van der Waals surface area (Å²) in [7, 11) is 1.81. The molecule has 5 heteroatoms. The summed E-state index contributed by atoms with van der Waals surface area (Å²) in [6, 6.07) is 0. The molecule has 0 bridgehead atoms. The molecule has 0 saturated heterocycles. The van der Waals surface area contributed by atoms with Gasteiger partial charge in [0, 0.05) is 12.4 Å². The van der Waals surface area contributed by atoms with Gasteiger partial charge in [0.15, 0.2) is 0 Å². The molecule has 3 nitrogen and oxygen atoms in total. The van der Waals surface area contributed by atoms with Crippen LogP contribution in [0.25, 0.3) is 11.3 Å². The van der Waals surface area contributed by atoms with Crippen LogP contribution in [0.15, 0.2) is 11.6 Å². The third kappa shape index (κ3) is 1.47. The Labute approximate surface area is 85.0 Å². The van der Waals surface area contributed by atoms with Gasteiger partial charge in [0.05, 0.1) is 22.5 Å². The van der Waals surface area contributed by atoms with Gasteiger partial charge in [0.1, 0.15) is 5.15 Å². The molecule has 0 unspecified atom stereocenters. The van der Waals surface area contributed by atoms with Crippen LogP contribution >= 0.6 is 22.9 Å².